The Morgan fingerprint density at radius 1 is 1.15 bits per heavy atom. The zero-order valence-corrected chi connectivity index (χ0v) is 11.5. The van der Waals surface area contributed by atoms with Crippen LogP contribution >= 0.6 is 11.6 Å². The van der Waals surface area contributed by atoms with Crippen molar-refractivity contribution in [3.8, 4) is 11.1 Å². The first kappa shape index (κ1) is 12.7. The van der Waals surface area contributed by atoms with E-state index in [-0.39, 0.29) is 5.69 Å². The molecule has 0 aliphatic rings. The number of para-hydroxylation sites is 1. The quantitative estimate of drug-likeness (QED) is 0.517. The molecule has 3 aromatic rings. The number of hydrogen-bond acceptors (Lipinski definition) is 2. The Morgan fingerprint density at radius 2 is 1.90 bits per heavy atom. The number of nitro groups is 1. The third-order valence-electron chi connectivity index (χ3n) is 3.38. The van der Waals surface area contributed by atoms with Crippen LogP contribution in [0.15, 0.2) is 48.5 Å². The van der Waals surface area contributed by atoms with E-state index in [4.69, 9.17) is 11.6 Å². The van der Waals surface area contributed by atoms with E-state index in [2.05, 4.69) is 0 Å². The van der Waals surface area contributed by atoms with E-state index >= 15 is 0 Å². The molecular weight excluding hydrogens is 276 g/mol. The summed E-state index contributed by atoms with van der Waals surface area (Å²) in [6.45, 7) is 0. The molecule has 0 saturated carbocycles. The number of aromatic nitrogens is 1. The first-order chi connectivity index (χ1) is 9.59. The van der Waals surface area contributed by atoms with Crippen LogP contribution in [-0.2, 0) is 7.05 Å². The Balaban J connectivity index is 2.32. The molecule has 2 aromatic carbocycles. The summed E-state index contributed by atoms with van der Waals surface area (Å²) in [6, 6.07) is 14.3. The average Bonchev–Trinajstić information content (AvgIpc) is 2.72. The van der Waals surface area contributed by atoms with Gasteiger partial charge in [-0.2, -0.15) is 0 Å². The van der Waals surface area contributed by atoms with Crippen molar-refractivity contribution in [2.75, 3.05) is 0 Å². The van der Waals surface area contributed by atoms with Crippen LogP contribution in [-0.4, -0.2) is 9.49 Å². The molecule has 3 rings (SSSR count). The molecule has 0 unspecified atom stereocenters. The van der Waals surface area contributed by atoms with Gasteiger partial charge in [0.15, 0.2) is 0 Å². The largest absolute Gasteiger partial charge is 0.334 e. The van der Waals surface area contributed by atoms with E-state index in [0.29, 0.717) is 5.15 Å². The van der Waals surface area contributed by atoms with Gasteiger partial charge in [-0.25, -0.2) is 0 Å². The van der Waals surface area contributed by atoms with Crippen LogP contribution in [0.25, 0.3) is 22.0 Å². The van der Waals surface area contributed by atoms with Crippen molar-refractivity contribution in [2.24, 2.45) is 7.05 Å². The highest BCUT2D eigenvalue weighted by Crippen LogP contribution is 2.38. The second-order valence-corrected chi connectivity index (χ2v) is 4.91. The lowest BCUT2D eigenvalue weighted by Gasteiger charge is -2.01. The van der Waals surface area contributed by atoms with Gasteiger partial charge in [0.2, 0.25) is 0 Å². The van der Waals surface area contributed by atoms with E-state index < -0.39 is 4.92 Å². The standard InChI is InChI=1S/C15H11ClN2O2/c1-17-13-8-3-2-7-12(13)14(15(17)16)10-5-4-6-11(9-10)18(19)20/h2-9H,1H3. The maximum atomic E-state index is 10.9. The summed E-state index contributed by atoms with van der Waals surface area (Å²) in [6.07, 6.45) is 0. The maximum Gasteiger partial charge on any atom is 0.270 e. The van der Waals surface area contributed by atoms with Gasteiger partial charge >= 0.3 is 0 Å². The number of hydrogen-bond donors (Lipinski definition) is 0. The Hall–Kier alpha value is -2.33. The first-order valence-corrected chi connectivity index (χ1v) is 6.45. The molecule has 1 aromatic heterocycles. The fourth-order valence-corrected chi connectivity index (χ4v) is 2.71. The summed E-state index contributed by atoms with van der Waals surface area (Å²) in [5, 5.41) is 12.5. The SMILES string of the molecule is Cn1c(Cl)c(-c2cccc([N+](=O)[O-])c2)c2ccccc21. The van der Waals surface area contributed by atoms with E-state index in [1.165, 1.54) is 6.07 Å². The number of non-ortho nitro benzene ring substituents is 1. The lowest BCUT2D eigenvalue weighted by Crippen LogP contribution is -1.88. The molecule has 100 valence electrons. The molecule has 0 saturated heterocycles. The monoisotopic (exact) mass is 286 g/mol. The molecule has 0 N–H and O–H groups in total. The second kappa shape index (κ2) is 4.65. The molecular formula is C15H11ClN2O2. The number of benzene rings is 2. The van der Waals surface area contributed by atoms with E-state index in [0.717, 1.165) is 22.0 Å². The zero-order chi connectivity index (χ0) is 14.3. The third-order valence-corrected chi connectivity index (χ3v) is 3.82. The molecule has 0 radical (unpaired) electrons. The lowest BCUT2D eigenvalue weighted by molar-refractivity contribution is -0.384. The summed E-state index contributed by atoms with van der Waals surface area (Å²) in [4.78, 5) is 10.5. The number of nitrogens with zero attached hydrogens (tertiary/aromatic N) is 2. The molecule has 5 heteroatoms. The fourth-order valence-electron chi connectivity index (χ4n) is 2.41. The Bertz CT molecular complexity index is 824. The number of fused-ring (bicyclic) bond motifs is 1. The molecule has 4 nitrogen and oxygen atoms in total. The minimum absolute atomic E-state index is 0.0616. The van der Waals surface area contributed by atoms with Crippen molar-refractivity contribution in [3.63, 3.8) is 0 Å². The summed E-state index contributed by atoms with van der Waals surface area (Å²) < 4.78 is 1.88. The topological polar surface area (TPSA) is 48.1 Å². The molecule has 1 heterocycles. The molecule has 0 spiro atoms. The molecule has 20 heavy (non-hydrogen) atoms. The van der Waals surface area contributed by atoms with Crippen LogP contribution in [0.3, 0.4) is 0 Å². The van der Waals surface area contributed by atoms with E-state index in [9.17, 15) is 10.1 Å². The highest BCUT2D eigenvalue weighted by molar-refractivity contribution is 6.34. The van der Waals surface area contributed by atoms with Crippen LogP contribution in [0.2, 0.25) is 5.15 Å². The van der Waals surface area contributed by atoms with Crippen molar-refractivity contribution >= 4 is 28.2 Å². The van der Waals surface area contributed by atoms with Gasteiger partial charge in [0.05, 0.1) is 4.92 Å². The van der Waals surface area contributed by atoms with Gasteiger partial charge in [-0.05, 0) is 11.6 Å². The van der Waals surface area contributed by atoms with Crippen LogP contribution in [0.5, 0.6) is 0 Å². The Morgan fingerprint density at radius 3 is 2.65 bits per heavy atom. The lowest BCUT2D eigenvalue weighted by atomic mass is 10.0. The molecule has 0 bridgehead atoms. The van der Waals surface area contributed by atoms with Crippen molar-refractivity contribution < 1.29 is 4.92 Å². The van der Waals surface area contributed by atoms with Gasteiger partial charge < -0.3 is 4.57 Å². The third kappa shape index (κ3) is 1.85. The fraction of sp³-hybridized carbons (Fsp3) is 0.0667. The molecule has 0 fully saturated rings. The predicted molar refractivity (Wildman–Crippen MR) is 80.0 cm³/mol. The van der Waals surface area contributed by atoms with Gasteiger partial charge in [-0.3, -0.25) is 10.1 Å². The highest BCUT2D eigenvalue weighted by atomic mass is 35.5. The smallest absolute Gasteiger partial charge is 0.270 e. The van der Waals surface area contributed by atoms with Crippen LogP contribution in [0, 0.1) is 10.1 Å². The van der Waals surface area contributed by atoms with Gasteiger partial charge in [-0.1, -0.05) is 41.9 Å². The Kier molecular flexibility index (Phi) is 2.95. The summed E-state index contributed by atoms with van der Waals surface area (Å²) >= 11 is 6.40. The Labute approximate surface area is 120 Å². The van der Waals surface area contributed by atoms with Crippen molar-refractivity contribution in [2.45, 2.75) is 0 Å². The van der Waals surface area contributed by atoms with Gasteiger partial charge in [-0.15, -0.1) is 0 Å². The number of halogens is 1. The normalized spacial score (nSPS) is 10.9. The zero-order valence-electron chi connectivity index (χ0n) is 10.7. The van der Waals surface area contributed by atoms with E-state index in [1.807, 2.05) is 41.9 Å². The molecule has 0 aliphatic heterocycles. The second-order valence-electron chi connectivity index (χ2n) is 4.55. The molecule has 0 atom stereocenters. The van der Waals surface area contributed by atoms with Crippen LogP contribution in [0.1, 0.15) is 0 Å². The van der Waals surface area contributed by atoms with E-state index in [1.54, 1.807) is 12.1 Å². The maximum absolute atomic E-state index is 10.9. The van der Waals surface area contributed by atoms with Crippen molar-refractivity contribution in [3.05, 3.63) is 63.8 Å². The van der Waals surface area contributed by atoms with Crippen LogP contribution in [0.4, 0.5) is 5.69 Å². The minimum atomic E-state index is -0.400. The highest BCUT2D eigenvalue weighted by Gasteiger charge is 2.16. The number of aryl methyl sites for hydroxylation is 1. The average molecular weight is 287 g/mol. The summed E-state index contributed by atoms with van der Waals surface area (Å²) in [7, 11) is 1.88. The van der Waals surface area contributed by atoms with Crippen molar-refractivity contribution in [1.82, 2.24) is 4.57 Å². The van der Waals surface area contributed by atoms with Gasteiger partial charge in [0.1, 0.15) is 5.15 Å². The van der Waals surface area contributed by atoms with Gasteiger partial charge in [0, 0.05) is 35.6 Å². The van der Waals surface area contributed by atoms with Gasteiger partial charge in [0.25, 0.3) is 5.69 Å². The number of nitro benzene ring substituents is 1. The summed E-state index contributed by atoms with van der Waals surface area (Å²) in [5.41, 5.74) is 2.64. The predicted octanol–water partition coefficient (Wildman–Crippen LogP) is 4.41. The van der Waals surface area contributed by atoms with Crippen molar-refractivity contribution in [1.29, 1.82) is 0 Å². The molecule has 0 aliphatic carbocycles. The van der Waals surface area contributed by atoms with Crippen LogP contribution < -0.4 is 0 Å². The first-order valence-electron chi connectivity index (χ1n) is 6.07. The minimum Gasteiger partial charge on any atom is -0.334 e. The molecule has 0 amide bonds. The number of rotatable bonds is 2. The summed E-state index contributed by atoms with van der Waals surface area (Å²) in [5.74, 6) is 0.